The van der Waals surface area contributed by atoms with Crippen molar-refractivity contribution in [3.05, 3.63) is 35.9 Å². The maximum atomic E-state index is 12.3. The molecule has 1 atom stereocenters. The van der Waals surface area contributed by atoms with Crippen molar-refractivity contribution >= 4 is 5.91 Å². The average Bonchev–Trinajstić information content (AvgIpc) is 3.09. The molecule has 2 aliphatic rings. The second-order valence-corrected chi connectivity index (χ2v) is 8.10. The molecule has 0 spiro atoms. The zero-order valence-electron chi connectivity index (χ0n) is 16.3. The van der Waals surface area contributed by atoms with Crippen LogP contribution in [0.4, 0.5) is 0 Å². The number of carbonyl (C=O) groups is 1. The Hall–Kier alpha value is -1.39. The van der Waals surface area contributed by atoms with Crippen LogP contribution >= 0.6 is 0 Å². The van der Waals surface area contributed by atoms with Gasteiger partial charge in [-0.1, -0.05) is 37.3 Å². The molecule has 0 saturated carbocycles. The number of rotatable bonds is 8. The first-order valence-electron chi connectivity index (χ1n) is 10.5. The summed E-state index contributed by atoms with van der Waals surface area (Å²) in [5.41, 5.74) is 1.36. The maximum absolute atomic E-state index is 12.3. The first kappa shape index (κ1) is 19.4. The van der Waals surface area contributed by atoms with E-state index in [1.54, 1.807) is 0 Å². The highest BCUT2D eigenvalue weighted by atomic mass is 16.1. The van der Waals surface area contributed by atoms with Crippen molar-refractivity contribution in [1.82, 2.24) is 15.1 Å². The second-order valence-electron chi connectivity index (χ2n) is 8.10. The summed E-state index contributed by atoms with van der Waals surface area (Å²) in [6.07, 6.45) is 6.62. The lowest BCUT2D eigenvalue weighted by Gasteiger charge is -2.31. The molecule has 0 aromatic heterocycles. The lowest BCUT2D eigenvalue weighted by molar-refractivity contribution is -0.122. The molecule has 1 N–H and O–H groups in total. The van der Waals surface area contributed by atoms with E-state index in [2.05, 4.69) is 52.4 Å². The minimum absolute atomic E-state index is 0.257. The largest absolute Gasteiger partial charge is 0.352 e. The topological polar surface area (TPSA) is 35.6 Å². The highest BCUT2D eigenvalue weighted by Crippen LogP contribution is 2.22. The van der Waals surface area contributed by atoms with Gasteiger partial charge in [-0.3, -0.25) is 9.69 Å². The van der Waals surface area contributed by atoms with Gasteiger partial charge >= 0.3 is 0 Å². The second kappa shape index (κ2) is 10.1. The summed E-state index contributed by atoms with van der Waals surface area (Å²) in [5.74, 6) is 1.000. The molecule has 4 heteroatoms. The third-order valence-corrected chi connectivity index (χ3v) is 5.91. The molecule has 1 aromatic carbocycles. The third kappa shape index (κ3) is 6.10. The smallest absolute Gasteiger partial charge is 0.220 e. The van der Waals surface area contributed by atoms with Crippen molar-refractivity contribution in [3.63, 3.8) is 0 Å². The summed E-state index contributed by atoms with van der Waals surface area (Å²) in [7, 11) is 0. The minimum Gasteiger partial charge on any atom is -0.352 e. The van der Waals surface area contributed by atoms with E-state index in [1.165, 1.54) is 44.5 Å². The number of likely N-dealkylation sites (tertiary alicyclic amines) is 2. The fourth-order valence-corrected chi connectivity index (χ4v) is 4.39. The molecule has 1 amide bonds. The fourth-order valence-electron chi connectivity index (χ4n) is 4.39. The standard InChI is InChI=1S/C22H35N3O/c1-2-13-24-14-10-19(11-15-24)8-9-22(26)23-21-12-16-25(18-21)17-20-6-4-3-5-7-20/h3-7,19,21H,2,8-18H2,1H3,(H,23,26). The molecule has 2 saturated heterocycles. The molecule has 0 bridgehead atoms. The molecule has 144 valence electrons. The van der Waals surface area contributed by atoms with E-state index >= 15 is 0 Å². The number of hydrogen-bond acceptors (Lipinski definition) is 3. The quantitative estimate of drug-likeness (QED) is 0.775. The molecule has 4 nitrogen and oxygen atoms in total. The summed E-state index contributed by atoms with van der Waals surface area (Å²) >= 11 is 0. The van der Waals surface area contributed by atoms with Gasteiger partial charge in [0.15, 0.2) is 0 Å². The summed E-state index contributed by atoms with van der Waals surface area (Å²) in [5, 5.41) is 3.27. The van der Waals surface area contributed by atoms with Crippen LogP contribution in [0.1, 0.15) is 51.0 Å². The van der Waals surface area contributed by atoms with Gasteiger partial charge in [0.25, 0.3) is 0 Å². The minimum atomic E-state index is 0.257. The Bertz CT molecular complexity index is 540. The first-order valence-corrected chi connectivity index (χ1v) is 10.5. The Morgan fingerprint density at radius 3 is 2.54 bits per heavy atom. The van der Waals surface area contributed by atoms with E-state index in [1.807, 2.05) is 0 Å². The molecule has 1 unspecified atom stereocenters. The summed E-state index contributed by atoms with van der Waals surface area (Å²) < 4.78 is 0. The highest BCUT2D eigenvalue weighted by Gasteiger charge is 2.24. The van der Waals surface area contributed by atoms with Crippen LogP contribution in [-0.2, 0) is 11.3 Å². The molecule has 26 heavy (non-hydrogen) atoms. The van der Waals surface area contributed by atoms with Crippen molar-refractivity contribution in [1.29, 1.82) is 0 Å². The number of benzene rings is 1. The number of carbonyl (C=O) groups excluding carboxylic acids is 1. The Labute approximate surface area is 158 Å². The molecule has 2 fully saturated rings. The van der Waals surface area contributed by atoms with Crippen LogP contribution in [0.2, 0.25) is 0 Å². The summed E-state index contributed by atoms with van der Waals surface area (Å²) in [4.78, 5) is 17.3. The number of nitrogens with one attached hydrogen (secondary N) is 1. The zero-order valence-corrected chi connectivity index (χ0v) is 16.3. The van der Waals surface area contributed by atoms with E-state index in [4.69, 9.17) is 0 Å². The number of nitrogens with zero attached hydrogens (tertiary/aromatic N) is 2. The molecular weight excluding hydrogens is 322 g/mol. The van der Waals surface area contributed by atoms with Crippen molar-refractivity contribution in [2.24, 2.45) is 5.92 Å². The number of amides is 1. The first-order chi connectivity index (χ1) is 12.7. The van der Waals surface area contributed by atoms with Crippen LogP contribution in [0.3, 0.4) is 0 Å². The lowest BCUT2D eigenvalue weighted by atomic mass is 9.92. The van der Waals surface area contributed by atoms with Crippen LogP contribution in [0.25, 0.3) is 0 Å². The number of piperidine rings is 1. The van der Waals surface area contributed by atoms with E-state index in [0.29, 0.717) is 12.5 Å². The van der Waals surface area contributed by atoms with Gasteiger partial charge in [-0.15, -0.1) is 0 Å². The zero-order chi connectivity index (χ0) is 18.2. The van der Waals surface area contributed by atoms with Gasteiger partial charge in [-0.25, -0.2) is 0 Å². The van der Waals surface area contributed by atoms with Crippen LogP contribution in [0.5, 0.6) is 0 Å². The van der Waals surface area contributed by atoms with Crippen LogP contribution in [-0.4, -0.2) is 54.5 Å². The van der Waals surface area contributed by atoms with Crippen molar-refractivity contribution in [2.45, 2.75) is 58.0 Å². The number of hydrogen-bond donors (Lipinski definition) is 1. The van der Waals surface area contributed by atoms with Gasteiger partial charge in [0, 0.05) is 32.1 Å². The Kier molecular flexibility index (Phi) is 7.51. The average molecular weight is 358 g/mol. The van der Waals surface area contributed by atoms with Gasteiger partial charge < -0.3 is 10.2 Å². The molecule has 2 heterocycles. The summed E-state index contributed by atoms with van der Waals surface area (Å²) in [6.45, 7) is 8.97. The van der Waals surface area contributed by atoms with E-state index in [-0.39, 0.29) is 5.91 Å². The van der Waals surface area contributed by atoms with Gasteiger partial charge in [0.1, 0.15) is 0 Å². The molecular formula is C22H35N3O. The van der Waals surface area contributed by atoms with Crippen molar-refractivity contribution in [3.8, 4) is 0 Å². The van der Waals surface area contributed by atoms with Crippen molar-refractivity contribution in [2.75, 3.05) is 32.7 Å². The monoisotopic (exact) mass is 357 g/mol. The van der Waals surface area contributed by atoms with Crippen LogP contribution < -0.4 is 5.32 Å². The predicted molar refractivity (Wildman–Crippen MR) is 107 cm³/mol. The Balaban J connectivity index is 1.31. The van der Waals surface area contributed by atoms with Gasteiger partial charge in [-0.2, -0.15) is 0 Å². The van der Waals surface area contributed by atoms with Crippen molar-refractivity contribution < 1.29 is 4.79 Å². The van der Waals surface area contributed by atoms with Gasteiger partial charge in [0.2, 0.25) is 5.91 Å². The lowest BCUT2D eigenvalue weighted by Crippen LogP contribution is -2.38. The van der Waals surface area contributed by atoms with Gasteiger partial charge in [-0.05, 0) is 63.2 Å². The van der Waals surface area contributed by atoms with E-state index in [9.17, 15) is 4.79 Å². The van der Waals surface area contributed by atoms with Crippen LogP contribution in [0.15, 0.2) is 30.3 Å². The van der Waals surface area contributed by atoms with Crippen LogP contribution in [0, 0.1) is 5.92 Å². The van der Waals surface area contributed by atoms with E-state index < -0.39 is 0 Å². The Morgan fingerprint density at radius 2 is 1.81 bits per heavy atom. The maximum Gasteiger partial charge on any atom is 0.220 e. The molecule has 0 aliphatic carbocycles. The SMILES string of the molecule is CCCN1CCC(CCC(=O)NC2CCN(Cc3ccccc3)C2)CC1. The molecule has 2 aliphatic heterocycles. The Morgan fingerprint density at radius 1 is 1.08 bits per heavy atom. The summed E-state index contributed by atoms with van der Waals surface area (Å²) in [6, 6.07) is 10.9. The fraction of sp³-hybridized carbons (Fsp3) is 0.682. The normalized spacial score (nSPS) is 22.6. The molecule has 3 rings (SSSR count). The molecule has 1 aromatic rings. The van der Waals surface area contributed by atoms with E-state index in [0.717, 1.165) is 38.4 Å². The molecule has 0 radical (unpaired) electrons. The third-order valence-electron chi connectivity index (χ3n) is 5.91. The van der Waals surface area contributed by atoms with Gasteiger partial charge in [0.05, 0.1) is 0 Å². The predicted octanol–water partition coefficient (Wildman–Crippen LogP) is 3.28. The highest BCUT2D eigenvalue weighted by molar-refractivity contribution is 5.76.